The smallest absolute Gasteiger partial charge is 0.316 e. The summed E-state index contributed by atoms with van der Waals surface area (Å²) in [6.45, 7) is 1.61. The molecule has 4 nitrogen and oxygen atoms in total. The molecule has 0 saturated heterocycles. The first-order valence-electron chi connectivity index (χ1n) is 7.63. The van der Waals surface area contributed by atoms with Crippen LogP contribution in [0.4, 0.5) is 0 Å². The molecule has 0 unspecified atom stereocenters. The maximum Gasteiger partial charge on any atom is 0.316 e. The van der Waals surface area contributed by atoms with Crippen molar-refractivity contribution in [1.82, 2.24) is 4.98 Å². The molecule has 1 heterocycles. The summed E-state index contributed by atoms with van der Waals surface area (Å²) in [5.41, 5.74) is 1.43. The molecule has 0 bridgehead atoms. The van der Waals surface area contributed by atoms with E-state index in [1.165, 1.54) is 11.8 Å². The Kier molecular flexibility index (Phi) is 5.01. The Hall–Kier alpha value is -2.53. The first kappa shape index (κ1) is 16.3. The van der Waals surface area contributed by atoms with E-state index in [4.69, 9.17) is 4.74 Å². The van der Waals surface area contributed by atoms with E-state index in [-0.39, 0.29) is 11.5 Å². The third-order valence-electron chi connectivity index (χ3n) is 3.63. The second kappa shape index (κ2) is 7.36. The van der Waals surface area contributed by atoms with Crippen LogP contribution in [-0.2, 0) is 9.53 Å². The van der Waals surface area contributed by atoms with Gasteiger partial charge in [-0.25, -0.2) is 0 Å². The molecule has 1 aromatic heterocycles. The number of benzene rings is 2. The minimum absolute atomic E-state index is 0.176. The lowest BCUT2D eigenvalue weighted by atomic mass is 10.1. The number of fused-ring (bicyclic) bond motifs is 1. The van der Waals surface area contributed by atoms with Crippen LogP contribution in [0.25, 0.3) is 10.9 Å². The van der Waals surface area contributed by atoms with Gasteiger partial charge in [-0.15, -0.1) is 11.8 Å². The van der Waals surface area contributed by atoms with Gasteiger partial charge in [0.15, 0.2) is 6.10 Å². The molecule has 24 heavy (non-hydrogen) atoms. The van der Waals surface area contributed by atoms with Crippen LogP contribution in [0.5, 0.6) is 0 Å². The first-order chi connectivity index (χ1) is 11.6. The number of ether oxygens (including phenoxy) is 1. The van der Waals surface area contributed by atoms with Gasteiger partial charge in [0.25, 0.3) is 0 Å². The Morgan fingerprint density at radius 3 is 2.58 bits per heavy atom. The number of Topliss-reactive ketones (excluding diaryl/α,β-unsaturated/α-hetero) is 1. The monoisotopic (exact) mass is 339 g/mol. The van der Waals surface area contributed by atoms with Crippen molar-refractivity contribution in [2.75, 3.05) is 5.75 Å². The van der Waals surface area contributed by atoms with Crippen LogP contribution in [0.1, 0.15) is 17.3 Å². The molecular formula is C19H17NO3S. The minimum atomic E-state index is -0.812. The lowest BCUT2D eigenvalue weighted by Gasteiger charge is -2.11. The number of hydrogen-bond donors (Lipinski definition) is 1. The number of aromatic nitrogens is 1. The molecule has 1 atom stereocenters. The van der Waals surface area contributed by atoms with Crippen LogP contribution in [-0.4, -0.2) is 28.6 Å². The Bertz CT molecular complexity index is 857. The van der Waals surface area contributed by atoms with E-state index >= 15 is 0 Å². The molecule has 0 spiro atoms. The van der Waals surface area contributed by atoms with E-state index in [9.17, 15) is 9.59 Å². The van der Waals surface area contributed by atoms with E-state index in [2.05, 4.69) is 4.98 Å². The van der Waals surface area contributed by atoms with E-state index in [1.54, 1.807) is 13.1 Å². The van der Waals surface area contributed by atoms with Gasteiger partial charge < -0.3 is 9.72 Å². The van der Waals surface area contributed by atoms with Crippen molar-refractivity contribution in [2.45, 2.75) is 17.9 Å². The maximum absolute atomic E-state index is 12.5. The lowest BCUT2D eigenvalue weighted by Crippen LogP contribution is -2.25. The predicted molar refractivity (Wildman–Crippen MR) is 95.3 cm³/mol. The Balaban J connectivity index is 1.60. The highest BCUT2D eigenvalue weighted by atomic mass is 32.2. The fraction of sp³-hybridized carbons (Fsp3) is 0.158. The summed E-state index contributed by atoms with van der Waals surface area (Å²) in [6.07, 6.45) is 0.851. The molecule has 5 heteroatoms. The fourth-order valence-corrected chi connectivity index (χ4v) is 3.14. The number of nitrogens with one attached hydrogen (secondary N) is 1. The van der Waals surface area contributed by atoms with Crippen LogP contribution < -0.4 is 0 Å². The Labute approximate surface area is 144 Å². The molecule has 3 rings (SSSR count). The Morgan fingerprint density at radius 2 is 1.79 bits per heavy atom. The first-order valence-corrected chi connectivity index (χ1v) is 8.61. The predicted octanol–water partition coefficient (Wildman–Crippen LogP) is 4.07. The number of para-hydroxylation sites is 1. The topological polar surface area (TPSA) is 59.2 Å². The van der Waals surface area contributed by atoms with Gasteiger partial charge in [0.1, 0.15) is 0 Å². The van der Waals surface area contributed by atoms with Gasteiger partial charge in [0, 0.05) is 27.6 Å². The van der Waals surface area contributed by atoms with Crippen LogP contribution in [0.2, 0.25) is 0 Å². The highest BCUT2D eigenvalue weighted by Crippen LogP contribution is 2.21. The van der Waals surface area contributed by atoms with E-state index in [0.717, 1.165) is 15.8 Å². The second-order valence-electron chi connectivity index (χ2n) is 5.35. The zero-order valence-electron chi connectivity index (χ0n) is 13.2. The fourth-order valence-electron chi connectivity index (χ4n) is 2.44. The van der Waals surface area contributed by atoms with Crippen molar-refractivity contribution >= 4 is 34.4 Å². The van der Waals surface area contributed by atoms with Crippen molar-refractivity contribution in [3.8, 4) is 0 Å². The van der Waals surface area contributed by atoms with Gasteiger partial charge in [-0.3, -0.25) is 9.59 Å². The molecule has 0 saturated carbocycles. The molecule has 3 aromatic rings. The lowest BCUT2D eigenvalue weighted by molar-refractivity contribution is -0.143. The summed E-state index contributed by atoms with van der Waals surface area (Å²) in [4.78, 5) is 28.5. The maximum atomic E-state index is 12.5. The number of esters is 1. The van der Waals surface area contributed by atoms with Gasteiger partial charge in [0.05, 0.1) is 5.75 Å². The third kappa shape index (κ3) is 3.68. The van der Waals surface area contributed by atoms with Crippen molar-refractivity contribution < 1.29 is 14.3 Å². The number of carbonyl (C=O) groups excluding carboxylic acids is 2. The van der Waals surface area contributed by atoms with Crippen molar-refractivity contribution in [2.24, 2.45) is 0 Å². The summed E-state index contributed by atoms with van der Waals surface area (Å²) < 4.78 is 5.28. The third-order valence-corrected chi connectivity index (χ3v) is 4.62. The van der Waals surface area contributed by atoms with Gasteiger partial charge in [-0.1, -0.05) is 36.4 Å². The zero-order valence-corrected chi connectivity index (χ0v) is 14.0. The molecule has 0 aliphatic heterocycles. The molecule has 0 aliphatic carbocycles. The summed E-state index contributed by atoms with van der Waals surface area (Å²) >= 11 is 1.39. The molecule has 0 radical (unpaired) electrons. The van der Waals surface area contributed by atoms with Gasteiger partial charge in [-0.05, 0) is 25.1 Å². The van der Waals surface area contributed by atoms with Gasteiger partial charge in [-0.2, -0.15) is 0 Å². The van der Waals surface area contributed by atoms with Crippen LogP contribution in [0.3, 0.4) is 0 Å². The number of aromatic amines is 1. The van der Waals surface area contributed by atoms with Crippen molar-refractivity contribution in [3.05, 3.63) is 66.4 Å². The number of carbonyl (C=O) groups is 2. The molecule has 1 N–H and O–H groups in total. The number of rotatable bonds is 6. The zero-order chi connectivity index (χ0) is 16.9. The number of H-pyrrole nitrogens is 1. The van der Waals surface area contributed by atoms with E-state index < -0.39 is 12.1 Å². The summed E-state index contributed by atoms with van der Waals surface area (Å²) in [5, 5.41) is 0.837. The average molecular weight is 339 g/mol. The molecule has 122 valence electrons. The van der Waals surface area contributed by atoms with Crippen LogP contribution in [0, 0.1) is 0 Å². The highest BCUT2D eigenvalue weighted by molar-refractivity contribution is 8.00. The summed E-state index contributed by atoms with van der Waals surface area (Å²) in [7, 11) is 0. The molecule has 2 aromatic carbocycles. The number of hydrogen-bond acceptors (Lipinski definition) is 4. The molecular weight excluding hydrogens is 322 g/mol. The molecule has 0 amide bonds. The quantitative estimate of drug-likeness (QED) is 0.418. The largest absolute Gasteiger partial charge is 0.454 e. The molecule has 0 fully saturated rings. The highest BCUT2D eigenvalue weighted by Gasteiger charge is 2.22. The Morgan fingerprint density at radius 1 is 1.08 bits per heavy atom. The van der Waals surface area contributed by atoms with Crippen molar-refractivity contribution in [1.29, 1.82) is 0 Å². The van der Waals surface area contributed by atoms with Crippen LogP contribution >= 0.6 is 11.8 Å². The summed E-state index contributed by atoms with van der Waals surface area (Å²) in [5.74, 6) is -0.426. The standard InChI is InChI=1S/C19H17NO3S/c1-13(23-18(21)12-24-14-7-3-2-4-8-14)19(22)16-11-20-17-10-6-5-9-15(16)17/h2-11,13,20H,12H2,1H3/t13-/m1/s1. The normalized spacial score (nSPS) is 12.0. The van der Waals surface area contributed by atoms with Crippen LogP contribution in [0.15, 0.2) is 65.7 Å². The van der Waals surface area contributed by atoms with E-state index in [0.29, 0.717) is 5.56 Å². The SMILES string of the molecule is C[C@@H](OC(=O)CSc1ccccc1)C(=O)c1c[nH]c2ccccc12. The second-order valence-corrected chi connectivity index (χ2v) is 6.39. The van der Waals surface area contributed by atoms with E-state index in [1.807, 2.05) is 54.6 Å². The van der Waals surface area contributed by atoms with Gasteiger partial charge >= 0.3 is 5.97 Å². The number of ketones is 1. The number of thioether (sulfide) groups is 1. The average Bonchev–Trinajstić information content (AvgIpc) is 3.04. The summed E-state index contributed by atoms with van der Waals surface area (Å²) in [6, 6.07) is 17.2. The van der Waals surface area contributed by atoms with Gasteiger partial charge in [0.2, 0.25) is 5.78 Å². The minimum Gasteiger partial charge on any atom is -0.454 e. The van der Waals surface area contributed by atoms with Crippen molar-refractivity contribution in [3.63, 3.8) is 0 Å². The molecule has 0 aliphatic rings.